The van der Waals surface area contributed by atoms with Crippen molar-refractivity contribution in [1.82, 2.24) is 15.5 Å². The topological polar surface area (TPSA) is 39.7 Å². The summed E-state index contributed by atoms with van der Waals surface area (Å²) < 4.78 is 0. The summed E-state index contributed by atoms with van der Waals surface area (Å²) in [6.45, 7) is 12.3. The Hall–Kier alpha value is -0.770. The van der Waals surface area contributed by atoms with Gasteiger partial charge in [-0.2, -0.15) is 0 Å². The van der Waals surface area contributed by atoms with Crippen LogP contribution in [0.3, 0.4) is 0 Å². The Morgan fingerprint density at radius 1 is 1.05 bits per heavy atom. The van der Waals surface area contributed by atoms with Crippen molar-refractivity contribution in [3.05, 3.63) is 0 Å². The first kappa shape index (κ1) is 18.3. The van der Waals surface area contributed by atoms with Crippen molar-refractivity contribution in [3.63, 3.8) is 0 Å². The van der Waals surface area contributed by atoms with Gasteiger partial charge in [-0.15, -0.1) is 0 Å². The van der Waals surface area contributed by atoms with Gasteiger partial charge in [-0.3, -0.25) is 9.89 Å². The predicted molar refractivity (Wildman–Crippen MR) is 92.9 cm³/mol. The van der Waals surface area contributed by atoms with E-state index in [9.17, 15) is 0 Å². The van der Waals surface area contributed by atoms with Gasteiger partial charge in [0.2, 0.25) is 0 Å². The largest absolute Gasteiger partial charge is 0.356 e. The molecule has 1 saturated carbocycles. The van der Waals surface area contributed by atoms with Crippen molar-refractivity contribution in [2.24, 2.45) is 10.9 Å². The third-order valence-corrected chi connectivity index (χ3v) is 4.21. The molecule has 0 radical (unpaired) electrons. The molecule has 124 valence electrons. The summed E-state index contributed by atoms with van der Waals surface area (Å²) in [5.41, 5.74) is 0. The van der Waals surface area contributed by atoms with Crippen LogP contribution in [0.25, 0.3) is 0 Å². The minimum absolute atomic E-state index is 0.616. The highest BCUT2D eigenvalue weighted by Gasteiger charge is 2.20. The van der Waals surface area contributed by atoms with Crippen LogP contribution in [0.2, 0.25) is 0 Å². The molecule has 0 aromatic heterocycles. The first-order valence-electron chi connectivity index (χ1n) is 8.74. The third kappa shape index (κ3) is 8.30. The molecule has 0 aliphatic heterocycles. The number of hydrogen-bond acceptors (Lipinski definition) is 2. The second-order valence-corrected chi connectivity index (χ2v) is 6.79. The van der Waals surface area contributed by atoms with Crippen LogP contribution in [-0.4, -0.2) is 49.6 Å². The van der Waals surface area contributed by atoms with E-state index in [4.69, 9.17) is 0 Å². The van der Waals surface area contributed by atoms with Crippen molar-refractivity contribution in [3.8, 4) is 0 Å². The normalized spacial score (nSPS) is 16.1. The molecule has 1 fully saturated rings. The molecule has 0 saturated heterocycles. The van der Waals surface area contributed by atoms with Crippen LogP contribution in [0.4, 0.5) is 0 Å². The van der Waals surface area contributed by atoms with E-state index in [2.05, 4.69) is 48.2 Å². The van der Waals surface area contributed by atoms with E-state index in [1.54, 1.807) is 0 Å². The number of nitrogens with one attached hydrogen (secondary N) is 2. The highest BCUT2D eigenvalue weighted by Crippen LogP contribution is 2.33. The van der Waals surface area contributed by atoms with Gasteiger partial charge in [0.1, 0.15) is 0 Å². The second kappa shape index (κ2) is 10.0. The maximum absolute atomic E-state index is 4.29. The van der Waals surface area contributed by atoms with Gasteiger partial charge in [0, 0.05) is 38.8 Å². The molecule has 4 heteroatoms. The number of guanidine groups is 1. The van der Waals surface area contributed by atoms with E-state index in [1.807, 2.05) is 7.05 Å². The van der Waals surface area contributed by atoms with Gasteiger partial charge >= 0.3 is 0 Å². The van der Waals surface area contributed by atoms with Gasteiger partial charge in [0.15, 0.2) is 5.96 Å². The summed E-state index contributed by atoms with van der Waals surface area (Å²) in [5.74, 6) is 1.98. The van der Waals surface area contributed by atoms with Crippen LogP contribution >= 0.6 is 0 Å². The molecule has 1 aliphatic rings. The lowest BCUT2D eigenvalue weighted by atomic mass is 10.2. The average molecular weight is 297 g/mol. The van der Waals surface area contributed by atoms with Crippen molar-refractivity contribution in [2.75, 3.05) is 26.7 Å². The molecule has 1 rings (SSSR count). The molecule has 0 unspecified atom stereocenters. The standard InChI is InChI=1S/C17H36N4/c1-14(2)21(15(3)4)13-7-12-20-17(18-5)19-11-6-8-16-9-10-16/h14-16H,6-13H2,1-5H3,(H2,18,19,20). The Bertz CT molecular complexity index is 287. The zero-order valence-electron chi connectivity index (χ0n) is 14.8. The van der Waals surface area contributed by atoms with Crippen LogP contribution in [0.15, 0.2) is 4.99 Å². The first-order chi connectivity index (χ1) is 10.0. The zero-order chi connectivity index (χ0) is 15.7. The molecule has 0 spiro atoms. The Morgan fingerprint density at radius 2 is 1.62 bits per heavy atom. The number of rotatable bonds is 10. The van der Waals surface area contributed by atoms with Crippen molar-refractivity contribution in [1.29, 1.82) is 0 Å². The van der Waals surface area contributed by atoms with E-state index in [1.165, 1.54) is 25.7 Å². The molecule has 0 aromatic rings. The van der Waals surface area contributed by atoms with Crippen LogP contribution in [0.5, 0.6) is 0 Å². The molecule has 2 N–H and O–H groups in total. The van der Waals surface area contributed by atoms with Crippen molar-refractivity contribution >= 4 is 5.96 Å². The van der Waals surface area contributed by atoms with Gasteiger partial charge in [-0.25, -0.2) is 0 Å². The Balaban J connectivity index is 2.07. The fourth-order valence-corrected chi connectivity index (χ4v) is 2.81. The second-order valence-electron chi connectivity index (χ2n) is 6.79. The maximum Gasteiger partial charge on any atom is 0.190 e. The third-order valence-electron chi connectivity index (χ3n) is 4.21. The van der Waals surface area contributed by atoms with Crippen molar-refractivity contribution in [2.45, 2.75) is 71.9 Å². The van der Waals surface area contributed by atoms with Gasteiger partial charge < -0.3 is 10.6 Å². The Labute approximate surface area is 131 Å². The summed E-state index contributed by atoms with van der Waals surface area (Å²) in [7, 11) is 1.85. The molecule has 1 aliphatic carbocycles. The zero-order valence-corrected chi connectivity index (χ0v) is 14.8. The van der Waals surface area contributed by atoms with Gasteiger partial charge in [-0.1, -0.05) is 12.8 Å². The minimum Gasteiger partial charge on any atom is -0.356 e. The SMILES string of the molecule is CN=C(NCCCC1CC1)NCCCN(C(C)C)C(C)C. The molecule has 4 nitrogen and oxygen atoms in total. The van der Waals surface area contributed by atoms with E-state index in [0.717, 1.165) is 37.9 Å². The first-order valence-corrected chi connectivity index (χ1v) is 8.74. The number of hydrogen-bond donors (Lipinski definition) is 2. The summed E-state index contributed by atoms with van der Waals surface area (Å²) in [6.07, 6.45) is 6.70. The summed E-state index contributed by atoms with van der Waals surface area (Å²) in [5, 5.41) is 6.83. The highest BCUT2D eigenvalue weighted by atomic mass is 15.2. The molecular weight excluding hydrogens is 260 g/mol. The molecule has 21 heavy (non-hydrogen) atoms. The monoisotopic (exact) mass is 296 g/mol. The van der Waals surface area contributed by atoms with E-state index in [-0.39, 0.29) is 0 Å². The smallest absolute Gasteiger partial charge is 0.190 e. The predicted octanol–water partition coefficient (Wildman–Crippen LogP) is 2.85. The lowest BCUT2D eigenvalue weighted by Crippen LogP contribution is -2.41. The molecule has 0 bridgehead atoms. The lowest BCUT2D eigenvalue weighted by Gasteiger charge is -2.30. The molecular formula is C17H36N4. The van der Waals surface area contributed by atoms with Crippen LogP contribution in [-0.2, 0) is 0 Å². The quantitative estimate of drug-likeness (QED) is 0.370. The number of aliphatic imine (C=N–C) groups is 1. The fraction of sp³-hybridized carbons (Fsp3) is 0.941. The Morgan fingerprint density at radius 3 is 2.10 bits per heavy atom. The Kier molecular flexibility index (Phi) is 8.74. The number of nitrogens with zero attached hydrogens (tertiary/aromatic N) is 2. The van der Waals surface area contributed by atoms with Crippen molar-refractivity contribution < 1.29 is 0 Å². The van der Waals surface area contributed by atoms with Crippen LogP contribution in [0, 0.1) is 5.92 Å². The summed E-state index contributed by atoms with van der Waals surface area (Å²) >= 11 is 0. The van der Waals surface area contributed by atoms with Crippen LogP contribution in [0.1, 0.15) is 59.8 Å². The minimum atomic E-state index is 0.616. The van der Waals surface area contributed by atoms with Gasteiger partial charge in [0.25, 0.3) is 0 Å². The fourth-order valence-electron chi connectivity index (χ4n) is 2.81. The average Bonchev–Trinajstić information content (AvgIpc) is 3.24. The van der Waals surface area contributed by atoms with E-state index >= 15 is 0 Å². The summed E-state index contributed by atoms with van der Waals surface area (Å²) in [6, 6.07) is 1.23. The highest BCUT2D eigenvalue weighted by molar-refractivity contribution is 5.79. The van der Waals surface area contributed by atoms with Gasteiger partial charge in [0.05, 0.1) is 0 Å². The van der Waals surface area contributed by atoms with Crippen LogP contribution < -0.4 is 10.6 Å². The molecule has 0 amide bonds. The van der Waals surface area contributed by atoms with E-state index < -0.39 is 0 Å². The lowest BCUT2D eigenvalue weighted by molar-refractivity contribution is 0.173. The van der Waals surface area contributed by atoms with Gasteiger partial charge in [-0.05, 0) is 52.9 Å². The van der Waals surface area contributed by atoms with E-state index in [0.29, 0.717) is 12.1 Å². The maximum atomic E-state index is 4.29. The molecule has 0 aromatic carbocycles. The molecule has 0 heterocycles. The molecule has 0 atom stereocenters. The summed E-state index contributed by atoms with van der Waals surface area (Å²) in [4.78, 5) is 6.82.